The van der Waals surface area contributed by atoms with Crippen molar-refractivity contribution in [1.29, 1.82) is 0 Å². The van der Waals surface area contributed by atoms with Gasteiger partial charge in [0.25, 0.3) is 5.91 Å². The molecule has 1 aliphatic rings. The van der Waals surface area contributed by atoms with Gasteiger partial charge in [0.1, 0.15) is 0 Å². The lowest BCUT2D eigenvalue weighted by atomic mass is 10.1. The molecule has 0 radical (unpaired) electrons. The van der Waals surface area contributed by atoms with E-state index >= 15 is 0 Å². The molecule has 1 fully saturated rings. The van der Waals surface area contributed by atoms with Crippen molar-refractivity contribution >= 4 is 23.3 Å². The first-order valence-corrected chi connectivity index (χ1v) is 8.44. The van der Waals surface area contributed by atoms with E-state index in [-0.39, 0.29) is 5.91 Å². The van der Waals surface area contributed by atoms with E-state index in [9.17, 15) is 9.59 Å². The molecular weight excluding hydrogens is 316 g/mol. The zero-order valence-electron chi connectivity index (χ0n) is 14.5. The van der Waals surface area contributed by atoms with E-state index in [2.05, 4.69) is 10.2 Å². The maximum absolute atomic E-state index is 12.5. The number of nitrogens with one attached hydrogen (secondary N) is 1. The molecule has 0 aromatic heterocycles. The van der Waals surface area contributed by atoms with Crippen LogP contribution >= 0.6 is 0 Å². The topological polar surface area (TPSA) is 58.6 Å². The number of rotatable bonds is 4. The van der Waals surface area contributed by atoms with Crippen LogP contribution in [-0.2, 0) is 4.74 Å². The van der Waals surface area contributed by atoms with Crippen molar-refractivity contribution < 1.29 is 14.3 Å². The van der Waals surface area contributed by atoms with Gasteiger partial charge in [-0.15, -0.1) is 0 Å². The van der Waals surface area contributed by atoms with Gasteiger partial charge in [-0.25, -0.2) is 4.79 Å². The molecule has 25 heavy (non-hydrogen) atoms. The van der Waals surface area contributed by atoms with Crippen LogP contribution in [0.2, 0.25) is 0 Å². The van der Waals surface area contributed by atoms with Crippen LogP contribution in [-0.4, -0.2) is 32.1 Å². The summed E-state index contributed by atoms with van der Waals surface area (Å²) in [6.07, 6.45) is 2.44. The van der Waals surface area contributed by atoms with Gasteiger partial charge in [0.15, 0.2) is 0 Å². The number of ether oxygens (including phenoxy) is 1. The third-order valence-electron chi connectivity index (χ3n) is 4.59. The van der Waals surface area contributed by atoms with Crippen LogP contribution in [0.3, 0.4) is 0 Å². The quantitative estimate of drug-likeness (QED) is 0.865. The summed E-state index contributed by atoms with van der Waals surface area (Å²) in [7, 11) is 1.34. The highest BCUT2D eigenvalue weighted by atomic mass is 16.5. The summed E-state index contributed by atoms with van der Waals surface area (Å²) in [5.74, 6) is -0.610. The molecule has 1 aliphatic heterocycles. The number of anilines is 2. The number of methoxy groups -OCH3 is 1. The number of hydrogen-bond donors (Lipinski definition) is 1. The normalized spacial score (nSPS) is 13.6. The zero-order chi connectivity index (χ0) is 17.8. The number of nitrogens with zero attached hydrogens (tertiary/aromatic N) is 1. The largest absolute Gasteiger partial charge is 0.465 e. The molecule has 0 unspecified atom stereocenters. The average molecular weight is 338 g/mol. The molecule has 2 aromatic carbocycles. The summed E-state index contributed by atoms with van der Waals surface area (Å²) in [4.78, 5) is 26.6. The lowest BCUT2D eigenvalue weighted by Gasteiger charge is -2.17. The fourth-order valence-corrected chi connectivity index (χ4v) is 3.10. The fraction of sp³-hybridized carbons (Fsp3) is 0.300. The number of benzene rings is 2. The molecule has 1 saturated heterocycles. The van der Waals surface area contributed by atoms with Gasteiger partial charge in [-0.05, 0) is 61.7 Å². The molecule has 0 bridgehead atoms. The fourth-order valence-electron chi connectivity index (χ4n) is 3.10. The summed E-state index contributed by atoms with van der Waals surface area (Å²) >= 11 is 0. The molecule has 0 aliphatic carbocycles. The van der Waals surface area contributed by atoms with Gasteiger partial charge >= 0.3 is 5.97 Å². The van der Waals surface area contributed by atoms with Crippen molar-refractivity contribution in [3.8, 4) is 0 Å². The molecule has 0 spiro atoms. The highest BCUT2D eigenvalue weighted by Crippen LogP contribution is 2.23. The van der Waals surface area contributed by atoms with Gasteiger partial charge < -0.3 is 15.0 Å². The molecule has 0 saturated carbocycles. The van der Waals surface area contributed by atoms with Gasteiger partial charge in [0.2, 0.25) is 0 Å². The molecular formula is C20H22N2O3. The minimum atomic E-state index is -0.413. The predicted molar refractivity (Wildman–Crippen MR) is 98.4 cm³/mol. The van der Waals surface area contributed by atoms with Crippen LogP contribution in [0.5, 0.6) is 0 Å². The number of esters is 1. The minimum Gasteiger partial charge on any atom is -0.465 e. The van der Waals surface area contributed by atoms with Crippen molar-refractivity contribution in [1.82, 2.24) is 0 Å². The Bertz CT molecular complexity index is 778. The van der Waals surface area contributed by atoms with E-state index in [1.54, 1.807) is 25.1 Å². The second-order valence-corrected chi connectivity index (χ2v) is 6.16. The molecule has 130 valence electrons. The van der Waals surface area contributed by atoms with E-state index in [1.165, 1.54) is 20.0 Å². The standard InChI is InChI=1S/C20H22N2O3/c1-14-17(20(24)25-2)6-5-7-18(14)21-19(23)15-8-10-16(11-9-15)22-12-3-4-13-22/h5-11H,3-4,12-13H2,1-2H3,(H,21,23). The molecule has 1 heterocycles. The zero-order valence-corrected chi connectivity index (χ0v) is 14.5. The van der Waals surface area contributed by atoms with E-state index in [1.807, 2.05) is 24.3 Å². The van der Waals surface area contributed by atoms with E-state index in [4.69, 9.17) is 4.74 Å². The average Bonchev–Trinajstić information content (AvgIpc) is 3.17. The van der Waals surface area contributed by atoms with Crippen molar-refractivity contribution in [3.63, 3.8) is 0 Å². The molecule has 5 heteroatoms. The second-order valence-electron chi connectivity index (χ2n) is 6.16. The molecule has 3 rings (SSSR count). The van der Waals surface area contributed by atoms with Gasteiger partial charge in [0.05, 0.1) is 12.7 Å². The molecule has 2 aromatic rings. The Morgan fingerprint density at radius 3 is 2.36 bits per heavy atom. The number of amides is 1. The Kier molecular flexibility index (Phi) is 5.03. The first-order chi connectivity index (χ1) is 12.1. The lowest BCUT2D eigenvalue weighted by Crippen LogP contribution is -2.18. The summed E-state index contributed by atoms with van der Waals surface area (Å²) < 4.78 is 4.77. The first kappa shape index (κ1) is 17.0. The van der Waals surface area contributed by atoms with Gasteiger partial charge in [-0.1, -0.05) is 6.07 Å². The van der Waals surface area contributed by atoms with Crippen LogP contribution in [0.4, 0.5) is 11.4 Å². The van der Waals surface area contributed by atoms with Gasteiger partial charge in [-0.3, -0.25) is 4.79 Å². The summed E-state index contributed by atoms with van der Waals surface area (Å²) in [6, 6.07) is 12.8. The van der Waals surface area contributed by atoms with E-state index in [0.717, 1.165) is 18.8 Å². The van der Waals surface area contributed by atoms with Crippen LogP contribution in [0, 0.1) is 6.92 Å². The minimum absolute atomic E-state index is 0.196. The van der Waals surface area contributed by atoms with Crippen LogP contribution < -0.4 is 10.2 Å². The van der Waals surface area contributed by atoms with Crippen molar-refractivity contribution in [2.45, 2.75) is 19.8 Å². The lowest BCUT2D eigenvalue weighted by molar-refractivity contribution is 0.0599. The molecule has 1 amide bonds. The Morgan fingerprint density at radius 1 is 1.04 bits per heavy atom. The number of hydrogen-bond acceptors (Lipinski definition) is 4. The maximum Gasteiger partial charge on any atom is 0.338 e. The number of carbonyl (C=O) groups is 2. The molecule has 0 atom stereocenters. The van der Waals surface area contributed by atoms with Crippen LogP contribution in [0.1, 0.15) is 39.1 Å². The van der Waals surface area contributed by atoms with E-state index < -0.39 is 5.97 Å². The van der Waals surface area contributed by atoms with Gasteiger partial charge in [-0.2, -0.15) is 0 Å². The smallest absolute Gasteiger partial charge is 0.338 e. The van der Waals surface area contributed by atoms with Crippen LogP contribution in [0.25, 0.3) is 0 Å². The maximum atomic E-state index is 12.5. The summed E-state index contributed by atoms with van der Waals surface area (Å²) in [6.45, 7) is 3.94. The van der Waals surface area contributed by atoms with Crippen molar-refractivity contribution in [3.05, 3.63) is 59.2 Å². The SMILES string of the molecule is COC(=O)c1cccc(NC(=O)c2ccc(N3CCCC3)cc2)c1C. The van der Waals surface area contributed by atoms with E-state index in [0.29, 0.717) is 22.4 Å². The number of carbonyl (C=O) groups excluding carboxylic acids is 2. The summed E-state index contributed by atoms with van der Waals surface area (Å²) in [5, 5.41) is 2.87. The molecule has 5 nitrogen and oxygen atoms in total. The second kappa shape index (κ2) is 7.38. The third kappa shape index (κ3) is 3.65. The van der Waals surface area contributed by atoms with Crippen molar-refractivity contribution in [2.24, 2.45) is 0 Å². The highest BCUT2D eigenvalue weighted by molar-refractivity contribution is 6.05. The third-order valence-corrected chi connectivity index (χ3v) is 4.59. The van der Waals surface area contributed by atoms with Crippen molar-refractivity contribution in [2.75, 3.05) is 30.4 Å². The Balaban J connectivity index is 1.75. The Labute approximate surface area is 147 Å². The Morgan fingerprint density at radius 2 is 1.72 bits per heavy atom. The summed E-state index contributed by atoms with van der Waals surface area (Å²) in [5.41, 5.74) is 3.49. The Hall–Kier alpha value is -2.82. The predicted octanol–water partition coefficient (Wildman–Crippen LogP) is 3.63. The first-order valence-electron chi connectivity index (χ1n) is 8.44. The van der Waals surface area contributed by atoms with Gasteiger partial charge in [0, 0.05) is 30.0 Å². The molecule has 1 N–H and O–H groups in total. The monoisotopic (exact) mass is 338 g/mol. The van der Waals surface area contributed by atoms with Crippen LogP contribution in [0.15, 0.2) is 42.5 Å². The highest BCUT2D eigenvalue weighted by Gasteiger charge is 2.15.